The zero-order valence-corrected chi connectivity index (χ0v) is 14.9. The number of hydrogen-bond acceptors (Lipinski definition) is 3. The molecule has 2 saturated carbocycles. The van der Waals surface area contributed by atoms with E-state index in [4.69, 9.17) is 11.6 Å². The number of carbonyl (C=O) groups excluding carboxylic acids is 3. The van der Waals surface area contributed by atoms with Crippen LogP contribution >= 0.6 is 11.6 Å². The first kappa shape index (κ1) is 18.6. The minimum absolute atomic E-state index is 0.00456. The van der Waals surface area contributed by atoms with Gasteiger partial charge >= 0.3 is 11.8 Å². The molecule has 0 radical (unpaired) electrons. The topological polar surface area (TPSA) is 87.3 Å². The SMILES string of the molecule is O=C(CCl)NC1CC(NC(=O)C(=O)NCc2ccc(F)cc2)C12CCC2. The van der Waals surface area contributed by atoms with Gasteiger partial charge in [-0.3, -0.25) is 14.4 Å². The van der Waals surface area contributed by atoms with E-state index in [-0.39, 0.29) is 41.6 Å². The summed E-state index contributed by atoms with van der Waals surface area (Å²) in [5.41, 5.74) is 0.546. The van der Waals surface area contributed by atoms with Crippen LogP contribution in [0, 0.1) is 11.2 Å². The third kappa shape index (κ3) is 3.67. The van der Waals surface area contributed by atoms with E-state index in [2.05, 4.69) is 16.0 Å². The van der Waals surface area contributed by atoms with Gasteiger partial charge in [-0.15, -0.1) is 11.6 Å². The van der Waals surface area contributed by atoms with E-state index in [1.165, 1.54) is 12.1 Å². The molecule has 1 spiro atoms. The Bertz CT molecular complexity index is 706. The molecule has 3 N–H and O–H groups in total. The quantitative estimate of drug-likeness (QED) is 0.529. The summed E-state index contributed by atoms with van der Waals surface area (Å²) in [6.45, 7) is 0.150. The summed E-state index contributed by atoms with van der Waals surface area (Å²) >= 11 is 5.53. The number of alkyl halides is 1. The highest BCUT2D eigenvalue weighted by molar-refractivity contribution is 6.35. The normalized spacial score (nSPS) is 22.7. The maximum absolute atomic E-state index is 12.9. The number of amides is 3. The van der Waals surface area contributed by atoms with Gasteiger partial charge in [-0.05, 0) is 37.0 Å². The standard InChI is InChI=1S/C18H21ClFN3O3/c19-9-15(24)22-13-8-14(18(13)6-1-7-18)23-17(26)16(25)21-10-11-2-4-12(20)5-3-11/h2-5,13-14H,1,6-10H2,(H,21,25)(H,22,24)(H,23,26). The fourth-order valence-corrected chi connectivity index (χ4v) is 3.87. The van der Waals surface area contributed by atoms with Crippen molar-refractivity contribution in [3.63, 3.8) is 0 Å². The maximum atomic E-state index is 12.9. The molecule has 2 atom stereocenters. The first-order valence-corrected chi connectivity index (χ1v) is 9.16. The number of halogens is 2. The molecule has 0 bridgehead atoms. The first-order chi connectivity index (χ1) is 12.4. The van der Waals surface area contributed by atoms with Crippen molar-refractivity contribution < 1.29 is 18.8 Å². The molecule has 1 aromatic carbocycles. The summed E-state index contributed by atoms with van der Waals surface area (Å²) in [5.74, 6) is -2.08. The first-order valence-electron chi connectivity index (χ1n) is 8.63. The molecule has 1 aromatic rings. The molecular weight excluding hydrogens is 361 g/mol. The highest BCUT2D eigenvalue weighted by atomic mass is 35.5. The van der Waals surface area contributed by atoms with Crippen LogP contribution in [0.4, 0.5) is 4.39 Å². The Hall–Kier alpha value is -2.15. The molecule has 2 fully saturated rings. The molecule has 140 valence electrons. The van der Waals surface area contributed by atoms with Crippen LogP contribution in [-0.2, 0) is 20.9 Å². The minimum atomic E-state index is -0.725. The van der Waals surface area contributed by atoms with E-state index in [9.17, 15) is 18.8 Å². The molecule has 0 saturated heterocycles. The van der Waals surface area contributed by atoms with Crippen molar-refractivity contribution in [3.05, 3.63) is 35.6 Å². The van der Waals surface area contributed by atoms with E-state index >= 15 is 0 Å². The van der Waals surface area contributed by atoms with Gasteiger partial charge in [0, 0.05) is 24.0 Å². The predicted molar refractivity (Wildman–Crippen MR) is 93.7 cm³/mol. The lowest BCUT2D eigenvalue weighted by Crippen LogP contribution is -2.72. The third-order valence-electron chi connectivity index (χ3n) is 5.48. The van der Waals surface area contributed by atoms with Crippen LogP contribution in [0.25, 0.3) is 0 Å². The third-order valence-corrected chi connectivity index (χ3v) is 5.72. The van der Waals surface area contributed by atoms with Crippen molar-refractivity contribution in [3.8, 4) is 0 Å². The van der Waals surface area contributed by atoms with Gasteiger partial charge in [-0.2, -0.15) is 0 Å². The van der Waals surface area contributed by atoms with Crippen molar-refractivity contribution in [2.24, 2.45) is 5.41 Å². The Morgan fingerprint density at radius 2 is 1.73 bits per heavy atom. The fourth-order valence-electron chi connectivity index (χ4n) is 3.80. The van der Waals surface area contributed by atoms with Crippen LogP contribution in [-0.4, -0.2) is 35.7 Å². The second-order valence-electron chi connectivity index (χ2n) is 6.91. The lowest BCUT2D eigenvalue weighted by atomic mass is 9.50. The second kappa shape index (κ2) is 7.61. The van der Waals surface area contributed by atoms with Gasteiger partial charge in [0.15, 0.2) is 0 Å². The number of hydrogen-bond donors (Lipinski definition) is 3. The molecule has 3 amide bonds. The molecule has 2 aliphatic rings. The lowest BCUT2D eigenvalue weighted by molar-refractivity contribution is -0.144. The van der Waals surface area contributed by atoms with Gasteiger partial charge in [0.2, 0.25) is 5.91 Å². The van der Waals surface area contributed by atoms with Crippen molar-refractivity contribution >= 4 is 29.3 Å². The lowest BCUT2D eigenvalue weighted by Gasteiger charge is -2.61. The molecular formula is C18H21ClFN3O3. The molecule has 8 heteroatoms. The number of benzene rings is 1. The highest BCUT2D eigenvalue weighted by Gasteiger charge is 2.59. The van der Waals surface area contributed by atoms with Crippen molar-refractivity contribution in [1.29, 1.82) is 0 Å². The van der Waals surface area contributed by atoms with Gasteiger partial charge < -0.3 is 16.0 Å². The molecule has 0 aromatic heterocycles. The second-order valence-corrected chi connectivity index (χ2v) is 7.18. The van der Waals surface area contributed by atoms with Gasteiger partial charge in [0.1, 0.15) is 11.7 Å². The smallest absolute Gasteiger partial charge is 0.309 e. The van der Waals surface area contributed by atoms with Gasteiger partial charge in [0.25, 0.3) is 0 Å². The van der Waals surface area contributed by atoms with Crippen LogP contribution < -0.4 is 16.0 Å². The van der Waals surface area contributed by atoms with Crippen LogP contribution in [0.15, 0.2) is 24.3 Å². The van der Waals surface area contributed by atoms with Crippen molar-refractivity contribution in [1.82, 2.24) is 16.0 Å². The van der Waals surface area contributed by atoms with Crippen molar-refractivity contribution in [2.45, 2.75) is 44.3 Å². The Labute approximate surface area is 155 Å². The van der Waals surface area contributed by atoms with Crippen LogP contribution in [0.3, 0.4) is 0 Å². The summed E-state index contributed by atoms with van der Waals surface area (Å²) < 4.78 is 12.9. The van der Waals surface area contributed by atoms with Crippen molar-refractivity contribution in [2.75, 3.05) is 5.88 Å². The molecule has 0 aliphatic heterocycles. The van der Waals surface area contributed by atoms with E-state index in [1.807, 2.05) is 0 Å². The Balaban J connectivity index is 1.49. The summed E-state index contributed by atoms with van der Waals surface area (Å²) in [7, 11) is 0. The Kier molecular flexibility index (Phi) is 5.46. The molecule has 26 heavy (non-hydrogen) atoms. The van der Waals surface area contributed by atoms with E-state index in [1.54, 1.807) is 12.1 Å². The average Bonchev–Trinajstić information content (AvgIpc) is 2.57. The predicted octanol–water partition coefficient (Wildman–Crippen LogP) is 1.22. The molecule has 2 unspecified atom stereocenters. The van der Waals surface area contributed by atoms with Gasteiger partial charge in [-0.25, -0.2) is 4.39 Å². The number of rotatable bonds is 5. The highest BCUT2D eigenvalue weighted by Crippen LogP contribution is 2.55. The number of carbonyl (C=O) groups is 3. The molecule has 3 rings (SSSR count). The molecule has 6 nitrogen and oxygen atoms in total. The summed E-state index contributed by atoms with van der Waals surface area (Å²) in [6, 6.07) is 5.56. The fraction of sp³-hybridized carbons (Fsp3) is 0.500. The van der Waals surface area contributed by atoms with Crippen LogP contribution in [0.2, 0.25) is 0 Å². The minimum Gasteiger partial charge on any atom is -0.352 e. The summed E-state index contributed by atoms with van der Waals surface area (Å²) in [4.78, 5) is 35.6. The zero-order valence-electron chi connectivity index (χ0n) is 14.2. The summed E-state index contributed by atoms with van der Waals surface area (Å²) in [6.07, 6.45) is 3.45. The van der Waals surface area contributed by atoms with Crippen LogP contribution in [0.5, 0.6) is 0 Å². The Morgan fingerprint density at radius 3 is 2.31 bits per heavy atom. The molecule has 2 aliphatic carbocycles. The van der Waals surface area contributed by atoms with Gasteiger partial charge in [-0.1, -0.05) is 18.6 Å². The van der Waals surface area contributed by atoms with Gasteiger partial charge in [0.05, 0.1) is 0 Å². The monoisotopic (exact) mass is 381 g/mol. The summed E-state index contributed by atoms with van der Waals surface area (Å²) in [5, 5.41) is 8.20. The maximum Gasteiger partial charge on any atom is 0.309 e. The average molecular weight is 382 g/mol. The largest absolute Gasteiger partial charge is 0.352 e. The zero-order chi connectivity index (χ0) is 18.7. The van der Waals surface area contributed by atoms with Crippen LogP contribution in [0.1, 0.15) is 31.2 Å². The Morgan fingerprint density at radius 1 is 1.08 bits per heavy atom. The van der Waals surface area contributed by atoms with E-state index < -0.39 is 11.8 Å². The van der Waals surface area contributed by atoms with E-state index in [0.29, 0.717) is 12.0 Å². The number of nitrogens with one attached hydrogen (secondary N) is 3. The molecule has 0 heterocycles. The van der Waals surface area contributed by atoms with E-state index in [0.717, 1.165) is 19.3 Å².